The fourth-order valence-electron chi connectivity index (χ4n) is 2.57. The standard InChI is InChI=1S/C16H21ClN2O5/c1-16(2,3)24-15(21)18-8-7-10-9-11(17)5-6-12(10)13(18)14(20)19(22)23-4/h5-6,9,13,22H,7-8H2,1-4H3. The summed E-state index contributed by atoms with van der Waals surface area (Å²) in [5.41, 5.74) is 0.716. The highest BCUT2D eigenvalue weighted by Crippen LogP contribution is 2.33. The molecule has 8 heteroatoms. The molecule has 0 aromatic heterocycles. The molecule has 1 N–H and O–H groups in total. The lowest BCUT2D eigenvalue weighted by Gasteiger charge is -2.37. The molecule has 1 aliphatic rings. The van der Waals surface area contributed by atoms with Gasteiger partial charge in [0.2, 0.25) is 0 Å². The number of amides is 2. The molecule has 1 atom stereocenters. The molecule has 0 radical (unpaired) electrons. The van der Waals surface area contributed by atoms with Crippen molar-refractivity contribution in [3.05, 3.63) is 34.3 Å². The van der Waals surface area contributed by atoms with E-state index in [-0.39, 0.29) is 11.8 Å². The van der Waals surface area contributed by atoms with Crippen LogP contribution < -0.4 is 0 Å². The van der Waals surface area contributed by atoms with Crippen molar-refractivity contribution >= 4 is 23.6 Å². The van der Waals surface area contributed by atoms with Gasteiger partial charge in [-0.2, -0.15) is 0 Å². The van der Waals surface area contributed by atoms with Crippen LogP contribution in [-0.4, -0.2) is 46.6 Å². The van der Waals surface area contributed by atoms with Gasteiger partial charge < -0.3 is 4.74 Å². The summed E-state index contributed by atoms with van der Waals surface area (Å²) in [5, 5.41) is 10.3. The largest absolute Gasteiger partial charge is 0.444 e. The Morgan fingerprint density at radius 3 is 2.62 bits per heavy atom. The second-order valence-electron chi connectivity index (χ2n) is 6.46. The lowest BCUT2D eigenvalue weighted by molar-refractivity contribution is -0.305. The topological polar surface area (TPSA) is 79.3 Å². The molecule has 1 heterocycles. The third kappa shape index (κ3) is 3.98. The molecule has 2 rings (SSSR count). The van der Waals surface area contributed by atoms with Crippen molar-refractivity contribution in [2.75, 3.05) is 13.7 Å². The number of carbonyl (C=O) groups excluding carboxylic acids is 2. The highest BCUT2D eigenvalue weighted by molar-refractivity contribution is 6.30. The summed E-state index contributed by atoms with van der Waals surface area (Å²) in [5.74, 6) is -0.786. The zero-order valence-electron chi connectivity index (χ0n) is 14.1. The Labute approximate surface area is 145 Å². The Morgan fingerprint density at radius 1 is 1.38 bits per heavy atom. The summed E-state index contributed by atoms with van der Waals surface area (Å²) < 4.78 is 5.38. The Hall–Kier alpha value is -1.83. The van der Waals surface area contributed by atoms with E-state index in [2.05, 4.69) is 4.84 Å². The van der Waals surface area contributed by atoms with E-state index in [1.165, 1.54) is 4.90 Å². The van der Waals surface area contributed by atoms with Crippen molar-refractivity contribution in [2.24, 2.45) is 0 Å². The van der Waals surface area contributed by atoms with Gasteiger partial charge in [-0.05, 0) is 50.5 Å². The van der Waals surface area contributed by atoms with Crippen LogP contribution in [0.15, 0.2) is 18.2 Å². The van der Waals surface area contributed by atoms with Crippen molar-refractivity contribution < 1.29 is 24.4 Å². The molecular formula is C16H21ClN2O5. The maximum Gasteiger partial charge on any atom is 0.411 e. The van der Waals surface area contributed by atoms with Crippen molar-refractivity contribution in [2.45, 2.75) is 38.8 Å². The van der Waals surface area contributed by atoms with E-state index in [9.17, 15) is 14.8 Å². The molecule has 7 nitrogen and oxygen atoms in total. The molecule has 0 aliphatic carbocycles. The number of rotatable bonds is 2. The van der Waals surface area contributed by atoms with Crippen LogP contribution in [0.4, 0.5) is 4.79 Å². The molecule has 0 bridgehead atoms. The lowest BCUT2D eigenvalue weighted by Crippen LogP contribution is -2.49. The number of carbonyl (C=O) groups is 2. The molecule has 0 spiro atoms. The number of halogens is 1. The number of ether oxygens (including phenoxy) is 1. The maximum atomic E-state index is 12.5. The van der Waals surface area contributed by atoms with Gasteiger partial charge in [-0.1, -0.05) is 22.9 Å². The van der Waals surface area contributed by atoms with Gasteiger partial charge in [0.1, 0.15) is 11.6 Å². The number of hydroxylamine groups is 2. The molecule has 132 valence electrons. The van der Waals surface area contributed by atoms with Crippen LogP contribution in [0.2, 0.25) is 5.02 Å². The minimum absolute atomic E-state index is 0.117. The Kier molecular flexibility index (Phi) is 5.37. The smallest absolute Gasteiger partial charge is 0.411 e. The first-order valence-corrected chi connectivity index (χ1v) is 7.86. The number of hydrogen-bond acceptors (Lipinski definition) is 5. The zero-order valence-corrected chi connectivity index (χ0v) is 14.8. The van der Waals surface area contributed by atoms with Gasteiger partial charge in [0.05, 0.1) is 7.11 Å². The number of fused-ring (bicyclic) bond motifs is 1. The van der Waals surface area contributed by atoms with E-state index in [0.29, 0.717) is 17.0 Å². The molecule has 1 aliphatic heterocycles. The first-order valence-electron chi connectivity index (χ1n) is 7.49. The molecule has 1 unspecified atom stereocenters. The lowest BCUT2D eigenvalue weighted by atomic mass is 9.92. The normalized spacial score (nSPS) is 17.2. The SMILES string of the molecule is CON(O)C(=O)C1c2ccc(Cl)cc2CCN1C(=O)OC(C)(C)C. The van der Waals surface area contributed by atoms with Crippen molar-refractivity contribution in [1.29, 1.82) is 0 Å². The molecule has 2 amide bonds. The van der Waals surface area contributed by atoms with Crippen molar-refractivity contribution in [1.82, 2.24) is 10.1 Å². The average Bonchev–Trinajstić information content (AvgIpc) is 2.50. The average molecular weight is 357 g/mol. The van der Waals surface area contributed by atoms with Crippen molar-refractivity contribution in [3.63, 3.8) is 0 Å². The quantitative estimate of drug-likeness (QED) is 0.651. The minimum atomic E-state index is -1.05. The van der Waals surface area contributed by atoms with Gasteiger partial charge in [0.15, 0.2) is 0 Å². The third-order valence-corrected chi connectivity index (χ3v) is 3.79. The van der Waals surface area contributed by atoms with Gasteiger partial charge >= 0.3 is 6.09 Å². The van der Waals surface area contributed by atoms with E-state index in [0.717, 1.165) is 12.7 Å². The number of hydrogen-bond donors (Lipinski definition) is 1. The summed E-state index contributed by atoms with van der Waals surface area (Å²) in [4.78, 5) is 30.9. The molecular weight excluding hydrogens is 336 g/mol. The Morgan fingerprint density at radius 2 is 2.04 bits per heavy atom. The molecule has 0 saturated heterocycles. The Bertz CT molecular complexity index is 644. The van der Waals surface area contributed by atoms with Crippen molar-refractivity contribution in [3.8, 4) is 0 Å². The van der Waals surface area contributed by atoms with E-state index in [1.54, 1.807) is 39.0 Å². The van der Waals surface area contributed by atoms with Gasteiger partial charge in [0.25, 0.3) is 5.91 Å². The van der Waals surface area contributed by atoms with Crippen LogP contribution in [0.25, 0.3) is 0 Å². The molecule has 24 heavy (non-hydrogen) atoms. The maximum absolute atomic E-state index is 12.5. The van der Waals surface area contributed by atoms with Gasteiger partial charge in [-0.25, -0.2) is 9.63 Å². The first-order chi connectivity index (χ1) is 11.1. The van der Waals surface area contributed by atoms with Crippen LogP contribution >= 0.6 is 11.6 Å². The number of benzene rings is 1. The molecule has 1 aromatic carbocycles. The van der Waals surface area contributed by atoms with Crippen LogP contribution in [0.5, 0.6) is 0 Å². The third-order valence-electron chi connectivity index (χ3n) is 3.56. The monoisotopic (exact) mass is 356 g/mol. The van der Waals surface area contributed by atoms with E-state index < -0.39 is 23.6 Å². The second-order valence-corrected chi connectivity index (χ2v) is 6.90. The van der Waals surface area contributed by atoms with Gasteiger partial charge in [0, 0.05) is 11.6 Å². The summed E-state index contributed by atoms with van der Waals surface area (Å²) in [6.07, 6.45) is -0.108. The first kappa shape index (κ1) is 18.5. The van der Waals surface area contributed by atoms with E-state index in [1.807, 2.05) is 0 Å². The predicted octanol–water partition coefficient (Wildman–Crippen LogP) is 2.95. The minimum Gasteiger partial charge on any atom is -0.444 e. The van der Waals surface area contributed by atoms with Crippen LogP contribution in [0, 0.1) is 0 Å². The fourth-order valence-corrected chi connectivity index (χ4v) is 2.77. The summed E-state index contributed by atoms with van der Waals surface area (Å²) in [6, 6.07) is 4.00. The summed E-state index contributed by atoms with van der Waals surface area (Å²) in [6.45, 7) is 5.49. The zero-order chi connectivity index (χ0) is 18.1. The second kappa shape index (κ2) is 6.96. The molecule has 1 aromatic rings. The van der Waals surface area contributed by atoms with Crippen LogP contribution in [-0.2, 0) is 20.8 Å². The van der Waals surface area contributed by atoms with Crippen LogP contribution in [0.1, 0.15) is 37.9 Å². The molecule has 0 fully saturated rings. The van der Waals surface area contributed by atoms with E-state index in [4.69, 9.17) is 16.3 Å². The van der Waals surface area contributed by atoms with Gasteiger partial charge in [-0.15, -0.1) is 0 Å². The number of nitrogens with zero attached hydrogens (tertiary/aromatic N) is 2. The van der Waals surface area contributed by atoms with Crippen LogP contribution in [0.3, 0.4) is 0 Å². The Balaban J connectivity index is 2.42. The molecule has 0 saturated carbocycles. The highest BCUT2D eigenvalue weighted by atomic mass is 35.5. The fraction of sp³-hybridized carbons (Fsp3) is 0.500. The highest BCUT2D eigenvalue weighted by Gasteiger charge is 2.40. The summed E-state index contributed by atoms with van der Waals surface area (Å²) >= 11 is 6.01. The predicted molar refractivity (Wildman–Crippen MR) is 86.5 cm³/mol. The summed E-state index contributed by atoms with van der Waals surface area (Å²) in [7, 11) is 1.15. The van der Waals surface area contributed by atoms with E-state index >= 15 is 0 Å². The van der Waals surface area contributed by atoms with Gasteiger partial charge in [-0.3, -0.25) is 14.9 Å².